The first-order valence-corrected chi connectivity index (χ1v) is 12.9. The second kappa shape index (κ2) is 9.16. The van der Waals surface area contributed by atoms with E-state index in [0.29, 0.717) is 49.5 Å². The highest BCUT2D eigenvalue weighted by Crippen LogP contribution is 2.30. The summed E-state index contributed by atoms with van der Waals surface area (Å²) in [6.45, 7) is 8.85. The van der Waals surface area contributed by atoms with Gasteiger partial charge in [-0.15, -0.1) is 0 Å². The number of benzene rings is 2. The third kappa shape index (κ3) is 4.98. The topological polar surface area (TPSA) is 73.8 Å². The second-order valence-corrected chi connectivity index (χ2v) is 11.8. The third-order valence-corrected chi connectivity index (χ3v) is 8.55. The van der Waals surface area contributed by atoms with Crippen molar-refractivity contribution in [3.8, 4) is 0 Å². The molecule has 0 bridgehead atoms. The fourth-order valence-electron chi connectivity index (χ4n) is 4.54. The van der Waals surface area contributed by atoms with E-state index in [1.54, 1.807) is 28.6 Å². The first kappa shape index (κ1) is 23.9. The van der Waals surface area contributed by atoms with Gasteiger partial charge in [0, 0.05) is 31.7 Å². The van der Waals surface area contributed by atoms with E-state index in [1.165, 1.54) is 6.07 Å². The maximum atomic E-state index is 14.0. The van der Waals surface area contributed by atoms with Crippen molar-refractivity contribution in [1.82, 2.24) is 14.9 Å². The maximum Gasteiger partial charge on any atom is 0.243 e. The molecule has 0 amide bonds. The van der Waals surface area contributed by atoms with Gasteiger partial charge < -0.3 is 10.6 Å². The Morgan fingerprint density at radius 3 is 2.39 bits per heavy atom. The van der Waals surface area contributed by atoms with E-state index < -0.39 is 15.6 Å². The lowest BCUT2D eigenvalue weighted by Gasteiger charge is -2.44. The summed E-state index contributed by atoms with van der Waals surface area (Å²) in [4.78, 5) is 5.01. The predicted molar refractivity (Wildman–Crippen MR) is 129 cm³/mol. The standard InChI is InChI=1S/C25H33FN4O2S/c1-24(2,3)20-8-10-21(11-9-20)33(31,32)30-16-12-25(13-17-30)23(27-14-15-29-25)28-18-19-6-4-5-7-22(19)26/h4-11,29H,12-18H2,1-3H3,(H,27,28). The SMILES string of the molecule is CC(C)(C)c1ccc(S(=O)(=O)N2CCC3(CC2)NCCN=C3NCc2ccccc2F)cc1. The monoisotopic (exact) mass is 472 g/mol. The van der Waals surface area contributed by atoms with Crippen LogP contribution in [0.3, 0.4) is 0 Å². The first-order chi connectivity index (χ1) is 15.6. The lowest BCUT2D eigenvalue weighted by atomic mass is 9.85. The van der Waals surface area contributed by atoms with Crippen molar-refractivity contribution in [2.24, 2.45) is 4.99 Å². The fraction of sp³-hybridized carbons (Fsp3) is 0.480. The van der Waals surface area contributed by atoms with E-state index in [2.05, 4.69) is 36.4 Å². The maximum absolute atomic E-state index is 14.0. The number of amidine groups is 1. The van der Waals surface area contributed by atoms with Gasteiger partial charge in [-0.3, -0.25) is 4.99 Å². The van der Waals surface area contributed by atoms with E-state index in [-0.39, 0.29) is 11.2 Å². The summed E-state index contributed by atoms with van der Waals surface area (Å²) in [6, 6.07) is 13.9. The number of nitrogens with zero attached hydrogens (tertiary/aromatic N) is 2. The van der Waals surface area contributed by atoms with Crippen LogP contribution in [0.4, 0.5) is 4.39 Å². The highest BCUT2D eigenvalue weighted by molar-refractivity contribution is 7.89. The zero-order chi connectivity index (χ0) is 23.7. The molecule has 0 aliphatic carbocycles. The molecule has 178 valence electrons. The highest BCUT2D eigenvalue weighted by Gasteiger charge is 2.43. The Morgan fingerprint density at radius 1 is 1.09 bits per heavy atom. The molecule has 2 heterocycles. The van der Waals surface area contributed by atoms with Gasteiger partial charge in [-0.1, -0.05) is 51.1 Å². The Hall–Kier alpha value is -2.29. The summed E-state index contributed by atoms with van der Waals surface area (Å²) in [7, 11) is -3.56. The summed E-state index contributed by atoms with van der Waals surface area (Å²) in [5.74, 6) is 0.547. The summed E-state index contributed by atoms with van der Waals surface area (Å²) in [5.41, 5.74) is 1.25. The van der Waals surface area contributed by atoms with E-state index in [0.717, 1.165) is 17.9 Å². The van der Waals surface area contributed by atoms with Crippen LogP contribution in [0.2, 0.25) is 0 Å². The zero-order valence-electron chi connectivity index (χ0n) is 19.6. The number of aliphatic imine (C=N–C) groups is 1. The minimum absolute atomic E-state index is 0.0299. The molecule has 2 aliphatic heterocycles. The number of hydrogen-bond donors (Lipinski definition) is 2. The van der Waals surface area contributed by atoms with Crippen molar-refractivity contribution in [1.29, 1.82) is 0 Å². The molecule has 1 spiro atoms. The molecule has 2 aliphatic rings. The Balaban J connectivity index is 1.45. The van der Waals surface area contributed by atoms with Gasteiger partial charge >= 0.3 is 0 Å². The summed E-state index contributed by atoms with van der Waals surface area (Å²) in [6.07, 6.45) is 1.21. The van der Waals surface area contributed by atoms with Crippen molar-refractivity contribution in [3.05, 3.63) is 65.5 Å². The van der Waals surface area contributed by atoms with E-state index in [9.17, 15) is 12.8 Å². The number of hydrogen-bond acceptors (Lipinski definition) is 5. The molecular weight excluding hydrogens is 439 g/mol. The number of halogens is 1. The minimum Gasteiger partial charge on any atom is -0.368 e. The molecule has 1 fully saturated rings. The minimum atomic E-state index is -3.56. The molecule has 0 atom stereocenters. The van der Waals surface area contributed by atoms with Gasteiger partial charge in [0.25, 0.3) is 0 Å². The average Bonchev–Trinajstić information content (AvgIpc) is 2.79. The zero-order valence-corrected chi connectivity index (χ0v) is 20.4. The van der Waals surface area contributed by atoms with Crippen molar-refractivity contribution >= 4 is 15.9 Å². The van der Waals surface area contributed by atoms with E-state index in [4.69, 9.17) is 0 Å². The van der Waals surface area contributed by atoms with Crippen LogP contribution in [0.5, 0.6) is 0 Å². The van der Waals surface area contributed by atoms with Crippen molar-refractivity contribution < 1.29 is 12.8 Å². The Kier molecular flexibility index (Phi) is 6.62. The van der Waals surface area contributed by atoms with Crippen LogP contribution in [-0.2, 0) is 22.0 Å². The van der Waals surface area contributed by atoms with E-state index >= 15 is 0 Å². The number of nitrogens with one attached hydrogen (secondary N) is 2. The van der Waals surface area contributed by atoms with Crippen LogP contribution in [0.1, 0.15) is 44.7 Å². The lowest BCUT2D eigenvalue weighted by molar-refractivity contribution is 0.241. The number of rotatable bonds is 4. The molecule has 0 saturated carbocycles. The van der Waals surface area contributed by atoms with Crippen LogP contribution in [0.25, 0.3) is 0 Å². The largest absolute Gasteiger partial charge is 0.368 e. The molecule has 0 unspecified atom stereocenters. The second-order valence-electron chi connectivity index (χ2n) is 9.86. The van der Waals surface area contributed by atoms with Crippen LogP contribution < -0.4 is 10.6 Å². The van der Waals surface area contributed by atoms with Crippen LogP contribution in [0, 0.1) is 5.82 Å². The van der Waals surface area contributed by atoms with Crippen molar-refractivity contribution in [2.75, 3.05) is 26.2 Å². The van der Waals surface area contributed by atoms with Crippen LogP contribution in [-0.4, -0.2) is 50.3 Å². The van der Waals surface area contributed by atoms with Gasteiger partial charge in [0.15, 0.2) is 0 Å². The Morgan fingerprint density at radius 2 is 1.76 bits per heavy atom. The molecule has 1 saturated heterocycles. The molecule has 4 rings (SSSR count). The van der Waals surface area contributed by atoms with Gasteiger partial charge in [0.2, 0.25) is 10.0 Å². The van der Waals surface area contributed by atoms with Crippen LogP contribution in [0.15, 0.2) is 58.4 Å². The van der Waals surface area contributed by atoms with Crippen molar-refractivity contribution in [2.45, 2.75) is 56.0 Å². The van der Waals surface area contributed by atoms with Gasteiger partial charge in [-0.25, -0.2) is 12.8 Å². The molecule has 0 radical (unpaired) electrons. The number of sulfonamides is 1. The normalized spacial score (nSPS) is 19.3. The quantitative estimate of drug-likeness (QED) is 0.715. The van der Waals surface area contributed by atoms with Crippen LogP contribution >= 0.6 is 0 Å². The molecule has 2 N–H and O–H groups in total. The fourth-order valence-corrected chi connectivity index (χ4v) is 5.98. The molecule has 33 heavy (non-hydrogen) atoms. The average molecular weight is 473 g/mol. The molecule has 6 nitrogen and oxygen atoms in total. The smallest absolute Gasteiger partial charge is 0.243 e. The Bertz CT molecular complexity index is 1120. The molecule has 0 aromatic heterocycles. The first-order valence-electron chi connectivity index (χ1n) is 11.5. The number of piperidine rings is 1. The Labute approximate surface area is 196 Å². The third-order valence-electron chi connectivity index (χ3n) is 6.64. The molecule has 2 aromatic carbocycles. The molecule has 2 aromatic rings. The predicted octanol–water partition coefficient (Wildman–Crippen LogP) is 3.44. The highest BCUT2D eigenvalue weighted by atomic mass is 32.2. The van der Waals surface area contributed by atoms with Crippen molar-refractivity contribution in [3.63, 3.8) is 0 Å². The summed E-state index contributed by atoms with van der Waals surface area (Å²) in [5, 5.41) is 6.89. The van der Waals surface area contributed by atoms with E-state index in [1.807, 2.05) is 18.2 Å². The lowest BCUT2D eigenvalue weighted by Crippen LogP contribution is -2.64. The summed E-state index contributed by atoms with van der Waals surface area (Å²) < 4.78 is 42.1. The molecular formula is C25H33FN4O2S. The van der Waals surface area contributed by atoms with Gasteiger partial charge in [-0.05, 0) is 42.0 Å². The van der Waals surface area contributed by atoms with Gasteiger partial charge in [0.05, 0.1) is 17.0 Å². The molecule has 8 heteroatoms. The summed E-state index contributed by atoms with van der Waals surface area (Å²) >= 11 is 0. The van der Waals surface area contributed by atoms with Gasteiger partial charge in [0.1, 0.15) is 11.7 Å². The van der Waals surface area contributed by atoms with Gasteiger partial charge in [-0.2, -0.15) is 4.31 Å².